The van der Waals surface area contributed by atoms with Crippen LogP contribution in [0.15, 0.2) is 48.8 Å². The maximum atomic E-state index is 9.98. The Morgan fingerprint density at radius 3 is 2.50 bits per heavy atom. The Morgan fingerprint density at radius 1 is 1.25 bits per heavy atom. The molecule has 86 valence electrons. The van der Waals surface area contributed by atoms with Crippen molar-refractivity contribution in [3.8, 4) is 0 Å². The number of aliphatic hydroxyl groups is 1. The standard InChI is InChI=1S/C12H15N2O.BrH/c1-13-8-5-9-14(13)10-12(15)11-6-3-2-4-7-11;/h2-9,12,15H,10H2,1H3;1H/q+1;/p-1. The first-order chi connectivity index (χ1) is 7.27. The topological polar surface area (TPSA) is 29.0 Å². The molecule has 16 heavy (non-hydrogen) atoms. The van der Waals surface area contributed by atoms with Gasteiger partial charge in [0.05, 0.1) is 6.20 Å². The van der Waals surface area contributed by atoms with Crippen LogP contribution in [0, 0.1) is 0 Å². The van der Waals surface area contributed by atoms with Gasteiger partial charge in [-0.25, -0.2) is 0 Å². The first kappa shape index (κ1) is 12.9. The number of hydrogen-bond donors (Lipinski definition) is 1. The van der Waals surface area contributed by atoms with Gasteiger partial charge in [0.2, 0.25) is 0 Å². The molecule has 0 radical (unpaired) electrons. The van der Waals surface area contributed by atoms with Crippen molar-refractivity contribution in [3.63, 3.8) is 0 Å². The monoisotopic (exact) mass is 282 g/mol. The van der Waals surface area contributed by atoms with E-state index in [1.165, 1.54) is 0 Å². The quantitative estimate of drug-likeness (QED) is 0.652. The molecule has 0 aliphatic rings. The van der Waals surface area contributed by atoms with E-state index in [1.54, 1.807) is 0 Å². The van der Waals surface area contributed by atoms with Crippen LogP contribution in [-0.2, 0) is 13.6 Å². The molecule has 1 aromatic heterocycles. The van der Waals surface area contributed by atoms with Gasteiger partial charge in [0.15, 0.2) is 13.2 Å². The van der Waals surface area contributed by atoms with Crippen LogP contribution in [0.2, 0.25) is 0 Å². The Kier molecular flexibility index (Phi) is 4.71. The summed E-state index contributed by atoms with van der Waals surface area (Å²) in [6.07, 6.45) is 3.45. The lowest BCUT2D eigenvalue weighted by Crippen LogP contribution is -3.00. The molecule has 0 amide bonds. The summed E-state index contributed by atoms with van der Waals surface area (Å²) in [4.78, 5) is 0. The maximum absolute atomic E-state index is 9.98. The van der Waals surface area contributed by atoms with Crippen LogP contribution >= 0.6 is 0 Å². The van der Waals surface area contributed by atoms with Crippen LogP contribution in [0.25, 0.3) is 0 Å². The van der Waals surface area contributed by atoms with Crippen molar-refractivity contribution in [1.29, 1.82) is 0 Å². The lowest BCUT2D eigenvalue weighted by atomic mass is 10.1. The fourth-order valence-electron chi connectivity index (χ4n) is 1.60. The van der Waals surface area contributed by atoms with Crippen molar-refractivity contribution in [2.75, 3.05) is 0 Å². The minimum Gasteiger partial charge on any atom is -1.00 e. The molecule has 1 aromatic carbocycles. The van der Waals surface area contributed by atoms with E-state index in [4.69, 9.17) is 0 Å². The summed E-state index contributed by atoms with van der Waals surface area (Å²) in [7, 11) is 1.96. The van der Waals surface area contributed by atoms with E-state index in [0.29, 0.717) is 6.54 Å². The van der Waals surface area contributed by atoms with Crippen LogP contribution < -0.4 is 21.7 Å². The predicted octanol–water partition coefficient (Wildman–Crippen LogP) is -1.95. The number of nitrogens with zero attached hydrogens (tertiary/aromatic N) is 2. The van der Waals surface area contributed by atoms with Gasteiger partial charge in [0.1, 0.15) is 12.6 Å². The van der Waals surface area contributed by atoms with E-state index in [0.717, 1.165) is 5.56 Å². The molecule has 3 nitrogen and oxygen atoms in total. The molecule has 0 saturated heterocycles. The van der Waals surface area contributed by atoms with Crippen molar-refractivity contribution < 1.29 is 26.8 Å². The highest BCUT2D eigenvalue weighted by molar-refractivity contribution is 5.16. The molecule has 0 fully saturated rings. The number of rotatable bonds is 3. The first-order valence-corrected chi connectivity index (χ1v) is 5.01. The molecule has 4 heteroatoms. The fourth-order valence-corrected chi connectivity index (χ4v) is 1.60. The number of halogens is 1. The van der Waals surface area contributed by atoms with Gasteiger partial charge in [0.25, 0.3) is 0 Å². The third-order valence-corrected chi connectivity index (χ3v) is 2.51. The Hall–Kier alpha value is -1.13. The normalized spacial score (nSPS) is 11.9. The van der Waals surface area contributed by atoms with Gasteiger partial charge in [-0.3, -0.25) is 0 Å². The molecular weight excluding hydrogens is 268 g/mol. The van der Waals surface area contributed by atoms with Crippen molar-refractivity contribution in [2.45, 2.75) is 12.6 Å². The second kappa shape index (κ2) is 5.82. The van der Waals surface area contributed by atoms with Gasteiger partial charge in [-0.1, -0.05) is 30.3 Å². The van der Waals surface area contributed by atoms with Crippen molar-refractivity contribution >= 4 is 0 Å². The summed E-state index contributed by atoms with van der Waals surface area (Å²) in [5, 5.41) is 9.98. The van der Waals surface area contributed by atoms with Crippen molar-refractivity contribution in [3.05, 3.63) is 54.4 Å². The highest BCUT2D eigenvalue weighted by Gasteiger charge is 2.11. The van der Waals surface area contributed by atoms with E-state index >= 15 is 0 Å². The average molecular weight is 283 g/mol. The highest BCUT2D eigenvalue weighted by Crippen LogP contribution is 2.13. The minimum atomic E-state index is -0.454. The smallest absolute Gasteiger partial charge is 0.195 e. The van der Waals surface area contributed by atoms with E-state index in [2.05, 4.69) is 0 Å². The van der Waals surface area contributed by atoms with Gasteiger partial charge in [-0.2, -0.15) is 4.68 Å². The van der Waals surface area contributed by atoms with Crippen molar-refractivity contribution in [1.82, 2.24) is 4.68 Å². The van der Waals surface area contributed by atoms with Crippen LogP contribution in [0.1, 0.15) is 11.7 Å². The molecular formula is C12H15BrN2O. The van der Waals surface area contributed by atoms with Gasteiger partial charge >= 0.3 is 0 Å². The number of aliphatic hydroxyl groups excluding tert-OH is 1. The van der Waals surface area contributed by atoms with E-state index in [-0.39, 0.29) is 17.0 Å². The molecule has 1 unspecified atom stereocenters. The zero-order valence-corrected chi connectivity index (χ0v) is 10.7. The molecule has 2 aromatic rings. The molecule has 1 N–H and O–H groups in total. The lowest BCUT2D eigenvalue weighted by Gasteiger charge is -2.09. The molecule has 0 aliphatic carbocycles. The van der Waals surface area contributed by atoms with Gasteiger partial charge in [-0.05, 0) is 5.56 Å². The van der Waals surface area contributed by atoms with Crippen LogP contribution in [-0.4, -0.2) is 9.79 Å². The molecule has 0 aliphatic heterocycles. The second-order valence-corrected chi connectivity index (χ2v) is 3.61. The Morgan fingerprint density at radius 2 is 1.94 bits per heavy atom. The third kappa shape index (κ3) is 2.93. The Bertz CT molecular complexity index is 428. The SMILES string of the molecule is C[n+]1cccn1CC(O)c1ccccc1.[Br-]. The summed E-state index contributed by atoms with van der Waals surface area (Å²) < 4.78 is 3.92. The largest absolute Gasteiger partial charge is 1.00 e. The Labute approximate surface area is 106 Å². The average Bonchev–Trinajstić information content (AvgIpc) is 2.66. The zero-order valence-electron chi connectivity index (χ0n) is 9.12. The van der Waals surface area contributed by atoms with E-state index in [9.17, 15) is 5.11 Å². The van der Waals surface area contributed by atoms with Crippen LogP contribution in [0.4, 0.5) is 0 Å². The van der Waals surface area contributed by atoms with Gasteiger partial charge in [0, 0.05) is 6.07 Å². The number of aryl methyl sites for hydroxylation is 1. The number of hydrogen-bond acceptors (Lipinski definition) is 1. The number of aromatic nitrogens is 2. The molecule has 2 rings (SSSR count). The first-order valence-electron chi connectivity index (χ1n) is 5.01. The molecule has 0 saturated carbocycles. The third-order valence-electron chi connectivity index (χ3n) is 2.51. The molecule has 1 heterocycles. The summed E-state index contributed by atoms with van der Waals surface area (Å²) in [5.74, 6) is 0. The minimum absolute atomic E-state index is 0. The highest BCUT2D eigenvalue weighted by atomic mass is 79.9. The van der Waals surface area contributed by atoms with E-state index in [1.807, 2.05) is 65.2 Å². The lowest BCUT2D eigenvalue weighted by molar-refractivity contribution is -0.754. The summed E-state index contributed by atoms with van der Waals surface area (Å²) in [6.45, 7) is 0.577. The second-order valence-electron chi connectivity index (χ2n) is 3.61. The molecule has 0 spiro atoms. The molecule has 1 atom stereocenters. The summed E-state index contributed by atoms with van der Waals surface area (Å²) >= 11 is 0. The van der Waals surface area contributed by atoms with E-state index < -0.39 is 6.10 Å². The number of benzene rings is 1. The van der Waals surface area contributed by atoms with Gasteiger partial charge < -0.3 is 22.1 Å². The van der Waals surface area contributed by atoms with Gasteiger partial charge in [-0.15, -0.1) is 4.68 Å². The fraction of sp³-hybridized carbons (Fsp3) is 0.250. The predicted molar refractivity (Wildman–Crippen MR) is 57.0 cm³/mol. The van der Waals surface area contributed by atoms with Crippen LogP contribution in [0.3, 0.4) is 0 Å². The van der Waals surface area contributed by atoms with Crippen molar-refractivity contribution in [2.24, 2.45) is 7.05 Å². The Balaban J connectivity index is 0.00000128. The van der Waals surface area contributed by atoms with Crippen LogP contribution in [0.5, 0.6) is 0 Å². The molecule has 0 bridgehead atoms. The summed E-state index contributed by atoms with van der Waals surface area (Å²) in [6, 6.07) is 11.7. The zero-order chi connectivity index (χ0) is 10.7. The maximum Gasteiger partial charge on any atom is 0.195 e. The summed E-state index contributed by atoms with van der Waals surface area (Å²) in [5.41, 5.74) is 0.950.